The molecule has 0 spiro atoms. The highest BCUT2D eigenvalue weighted by atomic mass is 31.2. The lowest BCUT2D eigenvalue weighted by atomic mass is 10.0. The van der Waals surface area contributed by atoms with Gasteiger partial charge in [0.1, 0.15) is 19.3 Å². The number of unbranched alkanes of at least 4 members (excludes halogenated alkanes) is 36. The molecule has 0 aromatic carbocycles. The summed E-state index contributed by atoms with van der Waals surface area (Å²) in [5, 5.41) is 10.6. The summed E-state index contributed by atoms with van der Waals surface area (Å²) in [6, 6.07) is 0. The van der Waals surface area contributed by atoms with Gasteiger partial charge in [-0.2, -0.15) is 0 Å². The Morgan fingerprint density at radius 1 is 0.303 bits per heavy atom. The van der Waals surface area contributed by atoms with E-state index in [1.54, 1.807) is 0 Å². The molecule has 0 bridgehead atoms. The molecule has 89 heavy (non-hydrogen) atoms. The van der Waals surface area contributed by atoms with Gasteiger partial charge < -0.3 is 33.8 Å². The lowest BCUT2D eigenvalue weighted by molar-refractivity contribution is -0.161. The van der Waals surface area contributed by atoms with E-state index in [2.05, 4.69) is 48.5 Å². The van der Waals surface area contributed by atoms with E-state index < -0.39 is 97.5 Å². The van der Waals surface area contributed by atoms with Crippen LogP contribution in [0.5, 0.6) is 0 Å². The summed E-state index contributed by atoms with van der Waals surface area (Å²) in [5.41, 5.74) is 0. The SMILES string of the molecule is CCCCCCCCCCCCCCCCCCCC(=O)O[C@H](COC(=O)CCCCCCCCCCCC(C)C)COP(=O)(O)OC[C@@H](O)COP(=O)(O)OC[C@@H](COC(=O)CCCCCCCCC(C)C)OC(=O)CCCCCCCCCCC(C)C. The molecule has 19 heteroatoms. The summed E-state index contributed by atoms with van der Waals surface area (Å²) in [5.74, 6) is 0.0116. The molecule has 17 nitrogen and oxygen atoms in total. The number of aliphatic hydroxyl groups excluding tert-OH is 1. The standard InChI is InChI=1S/C70H136O17P2/c1-8-9-10-11-12-13-14-15-16-17-18-19-20-23-30-39-46-53-69(74)86-65(57-80-67(72)51-44-37-29-24-21-22-27-34-41-48-61(2)3)59-84-88(76,77)82-55-64(71)56-83-89(78,79)85-60-66(58-81-68(73)52-45-38-33-32-36-43-50-63(6)7)87-70(75)54-47-40-31-26-25-28-35-42-49-62(4)5/h61-66,71H,8-60H2,1-7H3,(H,76,77)(H,78,79)/t64-,65-,66-/m1/s1. The van der Waals surface area contributed by atoms with Crippen molar-refractivity contribution in [1.29, 1.82) is 0 Å². The zero-order chi connectivity index (χ0) is 65.9. The summed E-state index contributed by atoms with van der Waals surface area (Å²) < 4.78 is 68.2. The predicted molar refractivity (Wildman–Crippen MR) is 358 cm³/mol. The minimum Gasteiger partial charge on any atom is -0.462 e. The van der Waals surface area contributed by atoms with Gasteiger partial charge in [-0.25, -0.2) is 9.13 Å². The lowest BCUT2D eigenvalue weighted by Crippen LogP contribution is -2.30. The van der Waals surface area contributed by atoms with Gasteiger partial charge in [-0.15, -0.1) is 0 Å². The van der Waals surface area contributed by atoms with Gasteiger partial charge in [0.05, 0.1) is 26.4 Å². The Morgan fingerprint density at radius 2 is 0.517 bits per heavy atom. The highest BCUT2D eigenvalue weighted by Crippen LogP contribution is 2.45. The molecule has 0 aromatic heterocycles. The lowest BCUT2D eigenvalue weighted by Gasteiger charge is -2.21. The van der Waals surface area contributed by atoms with Gasteiger partial charge in [0.2, 0.25) is 0 Å². The van der Waals surface area contributed by atoms with Crippen LogP contribution in [0.15, 0.2) is 0 Å². The van der Waals surface area contributed by atoms with E-state index in [1.807, 2.05) is 0 Å². The number of rotatable bonds is 68. The fraction of sp³-hybridized carbons (Fsp3) is 0.943. The third-order valence-electron chi connectivity index (χ3n) is 16.1. The van der Waals surface area contributed by atoms with Gasteiger partial charge in [0, 0.05) is 25.7 Å². The van der Waals surface area contributed by atoms with Crippen LogP contribution in [-0.2, 0) is 65.4 Å². The molecule has 3 N–H and O–H groups in total. The predicted octanol–water partition coefficient (Wildman–Crippen LogP) is 19.8. The van der Waals surface area contributed by atoms with Crippen molar-refractivity contribution in [1.82, 2.24) is 0 Å². The summed E-state index contributed by atoms with van der Waals surface area (Å²) >= 11 is 0. The zero-order valence-corrected chi connectivity index (χ0v) is 59.7. The van der Waals surface area contributed by atoms with E-state index in [4.69, 9.17) is 37.0 Å². The second-order valence-electron chi connectivity index (χ2n) is 26.7. The number of aliphatic hydroxyl groups is 1. The molecular weight excluding hydrogens is 1170 g/mol. The Kier molecular flexibility index (Phi) is 59.6. The number of hydrogen-bond donors (Lipinski definition) is 3. The van der Waals surface area contributed by atoms with Gasteiger partial charge in [0.15, 0.2) is 12.2 Å². The van der Waals surface area contributed by atoms with E-state index in [0.717, 1.165) is 108 Å². The van der Waals surface area contributed by atoms with Crippen molar-refractivity contribution in [2.24, 2.45) is 17.8 Å². The van der Waals surface area contributed by atoms with Crippen molar-refractivity contribution in [3.05, 3.63) is 0 Å². The number of carbonyl (C=O) groups is 4. The maximum absolute atomic E-state index is 13.0. The molecule has 0 aliphatic carbocycles. The van der Waals surface area contributed by atoms with Crippen molar-refractivity contribution < 1.29 is 80.2 Å². The van der Waals surface area contributed by atoms with Gasteiger partial charge in [0.25, 0.3) is 0 Å². The normalized spacial score (nSPS) is 14.2. The van der Waals surface area contributed by atoms with Gasteiger partial charge >= 0.3 is 39.5 Å². The molecule has 0 radical (unpaired) electrons. The first-order valence-corrected chi connectivity index (χ1v) is 39.3. The third-order valence-corrected chi connectivity index (χ3v) is 18.0. The number of phosphoric acid groups is 2. The summed E-state index contributed by atoms with van der Waals surface area (Å²) in [4.78, 5) is 72.5. The number of esters is 4. The first-order chi connectivity index (χ1) is 42.7. The number of carbonyl (C=O) groups excluding carboxylic acids is 4. The number of phosphoric ester groups is 2. The molecule has 528 valence electrons. The monoisotopic (exact) mass is 1310 g/mol. The maximum Gasteiger partial charge on any atom is 0.472 e. The second-order valence-corrected chi connectivity index (χ2v) is 29.6. The Hall–Kier alpha value is -1.94. The fourth-order valence-corrected chi connectivity index (χ4v) is 12.1. The molecule has 0 rings (SSSR count). The highest BCUT2D eigenvalue weighted by Gasteiger charge is 2.30. The molecule has 0 aromatic rings. The Balaban J connectivity index is 5.23. The fourth-order valence-electron chi connectivity index (χ4n) is 10.5. The topological polar surface area (TPSA) is 237 Å². The van der Waals surface area contributed by atoms with E-state index in [-0.39, 0.29) is 25.7 Å². The van der Waals surface area contributed by atoms with Crippen LogP contribution in [0.4, 0.5) is 0 Å². The summed E-state index contributed by atoms with van der Waals surface area (Å²) in [6.45, 7) is 11.7. The number of hydrogen-bond acceptors (Lipinski definition) is 15. The van der Waals surface area contributed by atoms with Crippen LogP contribution in [0.25, 0.3) is 0 Å². The van der Waals surface area contributed by atoms with Crippen molar-refractivity contribution >= 4 is 39.5 Å². The van der Waals surface area contributed by atoms with Crippen molar-refractivity contribution in [3.63, 3.8) is 0 Å². The molecule has 2 unspecified atom stereocenters. The Morgan fingerprint density at radius 3 is 0.764 bits per heavy atom. The van der Waals surface area contributed by atoms with Crippen molar-refractivity contribution in [2.75, 3.05) is 39.6 Å². The van der Waals surface area contributed by atoms with E-state index in [0.29, 0.717) is 31.6 Å². The second kappa shape index (κ2) is 61.0. The quantitative estimate of drug-likeness (QED) is 0.0222. The van der Waals surface area contributed by atoms with Crippen LogP contribution in [0.1, 0.15) is 350 Å². The van der Waals surface area contributed by atoms with Crippen molar-refractivity contribution in [2.45, 2.75) is 369 Å². The molecule has 0 heterocycles. The van der Waals surface area contributed by atoms with Crippen LogP contribution < -0.4 is 0 Å². The van der Waals surface area contributed by atoms with E-state index in [1.165, 1.54) is 154 Å². The van der Waals surface area contributed by atoms with E-state index in [9.17, 15) is 43.2 Å². The smallest absolute Gasteiger partial charge is 0.462 e. The molecule has 0 aliphatic heterocycles. The molecule has 0 fully saturated rings. The van der Waals surface area contributed by atoms with Crippen molar-refractivity contribution in [3.8, 4) is 0 Å². The highest BCUT2D eigenvalue weighted by molar-refractivity contribution is 7.47. The van der Waals surface area contributed by atoms with Gasteiger partial charge in [-0.1, -0.05) is 299 Å². The summed E-state index contributed by atoms with van der Waals surface area (Å²) in [7, 11) is -9.90. The molecule has 0 saturated heterocycles. The van der Waals surface area contributed by atoms with Gasteiger partial charge in [-0.05, 0) is 43.4 Å². The summed E-state index contributed by atoms with van der Waals surface area (Å²) in [6.07, 6.45) is 44.7. The van der Waals surface area contributed by atoms with Crippen LogP contribution in [0.3, 0.4) is 0 Å². The van der Waals surface area contributed by atoms with Crippen LogP contribution in [0.2, 0.25) is 0 Å². The van der Waals surface area contributed by atoms with Crippen LogP contribution in [0, 0.1) is 17.8 Å². The minimum absolute atomic E-state index is 0.103. The third kappa shape index (κ3) is 64.6. The Labute approximate surface area is 543 Å². The maximum atomic E-state index is 13.0. The van der Waals surface area contributed by atoms with Crippen LogP contribution in [-0.4, -0.2) is 96.7 Å². The first kappa shape index (κ1) is 87.1. The molecule has 0 amide bonds. The van der Waals surface area contributed by atoms with E-state index >= 15 is 0 Å². The average molecular weight is 1310 g/mol. The molecule has 0 aliphatic rings. The first-order valence-electron chi connectivity index (χ1n) is 36.3. The average Bonchev–Trinajstić information content (AvgIpc) is 3.70. The Bertz CT molecular complexity index is 1750. The molecule has 0 saturated carbocycles. The zero-order valence-electron chi connectivity index (χ0n) is 57.9. The molecular formula is C70H136O17P2. The largest absolute Gasteiger partial charge is 0.472 e. The number of ether oxygens (including phenoxy) is 4. The minimum atomic E-state index is -4.95. The molecule has 5 atom stereocenters. The van der Waals surface area contributed by atoms with Crippen LogP contribution >= 0.6 is 15.6 Å². The van der Waals surface area contributed by atoms with Gasteiger partial charge in [-0.3, -0.25) is 37.3 Å².